The van der Waals surface area contributed by atoms with Crippen LogP contribution in [-0.4, -0.2) is 31.5 Å². The van der Waals surface area contributed by atoms with Gasteiger partial charge < -0.3 is 4.74 Å². The molecule has 26 heavy (non-hydrogen) atoms. The van der Waals surface area contributed by atoms with Gasteiger partial charge in [0.2, 0.25) is 14.2 Å². The highest BCUT2D eigenvalue weighted by Crippen LogP contribution is 2.23. The summed E-state index contributed by atoms with van der Waals surface area (Å²) < 4.78 is 30.0. The summed E-state index contributed by atoms with van der Waals surface area (Å²) >= 11 is 0.924. The molecule has 0 aliphatic rings. The zero-order chi connectivity index (χ0) is 18.6. The van der Waals surface area contributed by atoms with Crippen LogP contribution in [0.3, 0.4) is 0 Å². The van der Waals surface area contributed by atoms with Gasteiger partial charge in [0.05, 0.1) is 24.8 Å². The van der Waals surface area contributed by atoms with Crippen LogP contribution in [-0.2, 0) is 22.0 Å². The number of ether oxygens (including phenoxy) is 1. The van der Waals surface area contributed by atoms with E-state index in [1.54, 1.807) is 48.5 Å². The monoisotopic (exact) mass is 388 g/mol. The number of nitrogens with zero attached hydrogens (tertiary/aromatic N) is 2. The molecule has 0 bridgehead atoms. The zero-order valence-corrected chi connectivity index (χ0v) is 15.6. The Kier molecular flexibility index (Phi) is 5.43. The summed E-state index contributed by atoms with van der Waals surface area (Å²) in [6.45, 7) is 0. The predicted molar refractivity (Wildman–Crippen MR) is 98.3 cm³/mol. The number of carbonyl (C=O) groups is 1. The van der Waals surface area contributed by atoms with E-state index in [2.05, 4.69) is 10.2 Å². The molecule has 0 spiro atoms. The minimum atomic E-state index is -3.60. The van der Waals surface area contributed by atoms with E-state index in [0.29, 0.717) is 21.9 Å². The average Bonchev–Trinajstić information content (AvgIpc) is 3.11. The minimum Gasteiger partial charge on any atom is -0.496 e. The van der Waals surface area contributed by atoms with Crippen molar-refractivity contribution in [3.05, 3.63) is 70.7 Å². The first-order valence-corrected chi connectivity index (χ1v) is 10.2. The summed E-state index contributed by atoms with van der Waals surface area (Å²) in [5.41, 5.74) is 1.10. The number of para-hydroxylation sites is 1. The average molecular weight is 388 g/mol. The second-order valence-electron chi connectivity index (χ2n) is 5.51. The molecule has 0 amide bonds. The number of benzene rings is 2. The maximum absolute atomic E-state index is 12.5. The van der Waals surface area contributed by atoms with Crippen molar-refractivity contribution in [2.24, 2.45) is 0 Å². The molecule has 0 saturated carbocycles. The Balaban J connectivity index is 1.76. The second kappa shape index (κ2) is 7.76. The highest BCUT2D eigenvalue weighted by molar-refractivity contribution is 7.92. The van der Waals surface area contributed by atoms with Gasteiger partial charge in [0.15, 0.2) is 5.78 Å². The minimum absolute atomic E-state index is 0.0289. The quantitative estimate of drug-likeness (QED) is 0.579. The topological polar surface area (TPSA) is 86.2 Å². The van der Waals surface area contributed by atoms with Gasteiger partial charge in [-0.15, -0.1) is 10.2 Å². The van der Waals surface area contributed by atoms with Gasteiger partial charge in [-0.25, -0.2) is 8.42 Å². The number of sulfone groups is 1. The normalized spacial score (nSPS) is 11.3. The molecule has 8 heteroatoms. The van der Waals surface area contributed by atoms with Gasteiger partial charge >= 0.3 is 0 Å². The van der Waals surface area contributed by atoms with Crippen molar-refractivity contribution in [3.63, 3.8) is 0 Å². The fourth-order valence-corrected chi connectivity index (χ4v) is 4.86. The van der Waals surface area contributed by atoms with Crippen LogP contribution in [0.4, 0.5) is 0 Å². The van der Waals surface area contributed by atoms with Crippen LogP contribution >= 0.6 is 11.3 Å². The first-order valence-electron chi connectivity index (χ1n) is 7.75. The molecule has 1 aromatic heterocycles. The van der Waals surface area contributed by atoms with Crippen LogP contribution < -0.4 is 4.74 Å². The second-order valence-corrected chi connectivity index (χ2v) is 8.73. The van der Waals surface area contributed by atoms with E-state index in [1.807, 2.05) is 6.07 Å². The van der Waals surface area contributed by atoms with Crippen molar-refractivity contribution in [3.8, 4) is 5.75 Å². The lowest BCUT2D eigenvalue weighted by Gasteiger charge is -2.05. The molecule has 3 rings (SSSR count). The van der Waals surface area contributed by atoms with Crippen molar-refractivity contribution in [1.82, 2.24) is 10.2 Å². The van der Waals surface area contributed by atoms with Crippen LogP contribution in [0.2, 0.25) is 0 Å². The van der Waals surface area contributed by atoms with E-state index in [1.165, 1.54) is 7.11 Å². The molecule has 0 N–H and O–H groups in total. The molecule has 0 aliphatic heterocycles. The number of Topliss-reactive ketones (excluding diaryl/α,β-unsaturated/α-hetero) is 1. The first kappa shape index (κ1) is 18.2. The molecule has 0 unspecified atom stereocenters. The summed E-state index contributed by atoms with van der Waals surface area (Å²) in [5.74, 6) is 0.118. The van der Waals surface area contributed by atoms with E-state index in [0.717, 1.165) is 11.3 Å². The zero-order valence-electron chi connectivity index (χ0n) is 14.0. The van der Waals surface area contributed by atoms with Crippen LogP contribution in [0.25, 0.3) is 0 Å². The van der Waals surface area contributed by atoms with Gasteiger partial charge in [-0.05, 0) is 17.7 Å². The number of aromatic nitrogens is 2. The Hall–Kier alpha value is -2.58. The molecular formula is C18H16N2O4S2. The summed E-state index contributed by atoms with van der Waals surface area (Å²) in [5, 5.41) is 8.00. The Morgan fingerprint density at radius 3 is 2.46 bits per heavy atom. The largest absolute Gasteiger partial charge is 0.496 e. The Bertz CT molecular complexity index is 1010. The number of hydrogen-bond donors (Lipinski definition) is 0. The smallest absolute Gasteiger partial charge is 0.232 e. The van der Waals surface area contributed by atoms with Crippen LogP contribution in [0, 0.1) is 0 Å². The van der Waals surface area contributed by atoms with Gasteiger partial charge in [-0.1, -0.05) is 53.8 Å². The molecule has 0 aliphatic carbocycles. The Morgan fingerprint density at radius 2 is 1.73 bits per heavy atom. The third-order valence-electron chi connectivity index (χ3n) is 3.63. The molecule has 134 valence electrons. The number of rotatable bonds is 7. The third kappa shape index (κ3) is 4.14. The molecule has 0 radical (unpaired) electrons. The maximum atomic E-state index is 12.5. The Labute approximate surface area is 155 Å². The fraction of sp³-hybridized carbons (Fsp3) is 0.167. The Morgan fingerprint density at radius 1 is 1.04 bits per heavy atom. The molecule has 0 saturated heterocycles. The van der Waals surface area contributed by atoms with Crippen molar-refractivity contribution in [2.75, 3.05) is 7.11 Å². The van der Waals surface area contributed by atoms with Gasteiger partial charge in [0.1, 0.15) is 10.8 Å². The number of hydrogen-bond acceptors (Lipinski definition) is 7. The van der Waals surface area contributed by atoms with Gasteiger partial charge in [0, 0.05) is 0 Å². The van der Waals surface area contributed by atoms with Crippen molar-refractivity contribution in [1.29, 1.82) is 0 Å². The number of carbonyl (C=O) groups excluding carboxylic acids is 1. The predicted octanol–water partition coefficient (Wildman–Crippen LogP) is 2.95. The molecule has 0 fully saturated rings. The standard InChI is InChI=1S/C18H16N2O4S2/c1-24-16-10-6-5-9-14(16)15(21)11-17-19-20-18(25-17)26(22,23)12-13-7-3-2-4-8-13/h2-10H,11-12H2,1H3. The maximum Gasteiger partial charge on any atom is 0.232 e. The van der Waals surface area contributed by atoms with Gasteiger partial charge in [0.25, 0.3) is 0 Å². The molecule has 0 atom stereocenters. The van der Waals surface area contributed by atoms with Crippen LogP contribution in [0.15, 0.2) is 58.9 Å². The third-order valence-corrected chi connectivity index (χ3v) is 6.69. The molecule has 2 aromatic carbocycles. The van der Waals surface area contributed by atoms with Crippen molar-refractivity contribution in [2.45, 2.75) is 16.5 Å². The van der Waals surface area contributed by atoms with Crippen molar-refractivity contribution >= 4 is 27.0 Å². The number of methoxy groups -OCH3 is 1. The van der Waals surface area contributed by atoms with Crippen molar-refractivity contribution < 1.29 is 17.9 Å². The number of ketones is 1. The van der Waals surface area contributed by atoms with Gasteiger partial charge in [-0.2, -0.15) is 0 Å². The fourth-order valence-electron chi connectivity index (χ4n) is 2.40. The highest BCUT2D eigenvalue weighted by Gasteiger charge is 2.22. The lowest BCUT2D eigenvalue weighted by molar-refractivity contribution is 0.0990. The van der Waals surface area contributed by atoms with E-state index in [9.17, 15) is 13.2 Å². The van der Waals surface area contributed by atoms with E-state index in [4.69, 9.17) is 4.74 Å². The van der Waals surface area contributed by atoms with Crippen LogP contribution in [0.1, 0.15) is 20.9 Å². The van der Waals surface area contributed by atoms with E-state index < -0.39 is 9.84 Å². The summed E-state index contributed by atoms with van der Waals surface area (Å²) in [6, 6.07) is 15.7. The molecule has 1 heterocycles. The van der Waals surface area contributed by atoms with Gasteiger partial charge in [-0.3, -0.25) is 4.79 Å². The summed E-state index contributed by atoms with van der Waals surface area (Å²) in [4.78, 5) is 12.5. The SMILES string of the molecule is COc1ccccc1C(=O)Cc1nnc(S(=O)(=O)Cc2ccccc2)s1. The lowest BCUT2D eigenvalue weighted by Crippen LogP contribution is -2.05. The lowest BCUT2D eigenvalue weighted by atomic mass is 10.1. The van der Waals surface area contributed by atoms with E-state index >= 15 is 0 Å². The van der Waals surface area contributed by atoms with Crippen LogP contribution in [0.5, 0.6) is 5.75 Å². The summed E-state index contributed by atoms with van der Waals surface area (Å²) in [6.07, 6.45) is -0.0289. The highest BCUT2D eigenvalue weighted by atomic mass is 32.2. The molecule has 3 aromatic rings. The first-order chi connectivity index (χ1) is 12.5. The summed E-state index contributed by atoms with van der Waals surface area (Å²) in [7, 11) is -2.11. The molecule has 6 nitrogen and oxygen atoms in total. The van der Waals surface area contributed by atoms with E-state index in [-0.39, 0.29) is 22.3 Å². The molecular weight excluding hydrogens is 372 g/mol.